The number of fused-ring (bicyclic) bond motifs is 1. The zero-order valence-electron chi connectivity index (χ0n) is 20.1. The molecule has 0 spiro atoms. The number of halogens is 1. The Morgan fingerprint density at radius 2 is 1.91 bits per heavy atom. The van der Waals surface area contributed by atoms with Crippen molar-refractivity contribution in [1.82, 2.24) is 19.8 Å². The molecule has 1 atom stereocenters. The van der Waals surface area contributed by atoms with Crippen LogP contribution in [0.3, 0.4) is 0 Å². The van der Waals surface area contributed by atoms with E-state index in [0.29, 0.717) is 19.6 Å². The molecule has 0 N–H and O–H groups in total. The molecule has 1 fully saturated rings. The van der Waals surface area contributed by atoms with Crippen molar-refractivity contribution in [2.75, 3.05) is 31.1 Å². The van der Waals surface area contributed by atoms with Crippen LogP contribution in [0.4, 0.5) is 10.6 Å². The Kier molecular flexibility index (Phi) is 7.10. The van der Waals surface area contributed by atoms with Gasteiger partial charge >= 0.3 is 6.09 Å². The molecular formula is C25H34ClN5O2. The molecule has 2 aromatic rings. The quantitative estimate of drug-likeness (QED) is 0.613. The molecule has 0 aliphatic carbocycles. The van der Waals surface area contributed by atoms with E-state index in [1.807, 2.05) is 26.8 Å². The summed E-state index contributed by atoms with van der Waals surface area (Å²) in [6.45, 7) is 12.3. The molecule has 1 aromatic heterocycles. The van der Waals surface area contributed by atoms with Gasteiger partial charge in [-0.1, -0.05) is 30.3 Å². The molecular weight excluding hydrogens is 438 g/mol. The number of nitrogens with zero attached hydrogens (tertiary/aromatic N) is 5. The first-order chi connectivity index (χ1) is 15.7. The molecule has 4 rings (SSSR count). The topological polar surface area (TPSA) is 61.8 Å². The van der Waals surface area contributed by atoms with Gasteiger partial charge in [0.05, 0.1) is 5.69 Å². The zero-order chi connectivity index (χ0) is 23.6. The van der Waals surface area contributed by atoms with Crippen LogP contribution in [0.15, 0.2) is 30.3 Å². The number of benzene rings is 1. The Hall–Kier alpha value is -2.38. The van der Waals surface area contributed by atoms with Crippen LogP contribution in [-0.2, 0) is 24.2 Å². The average Bonchev–Trinajstić information content (AvgIpc) is 2.94. The molecule has 7 nitrogen and oxygen atoms in total. The summed E-state index contributed by atoms with van der Waals surface area (Å²) in [4.78, 5) is 28.3. The Morgan fingerprint density at radius 1 is 1.15 bits per heavy atom. The van der Waals surface area contributed by atoms with Crippen LogP contribution in [0.5, 0.6) is 0 Å². The molecule has 0 saturated carbocycles. The predicted octanol–water partition coefficient (Wildman–Crippen LogP) is 4.52. The van der Waals surface area contributed by atoms with E-state index in [-0.39, 0.29) is 17.4 Å². The van der Waals surface area contributed by atoms with Crippen molar-refractivity contribution in [1.29, 1.82) is 0 Å². The number of piperazine rings is 1. The average molecular weight is 472 g/mol. The molecule has 0 unspecified atom stereocenters. The number of hydrogen-bond donors (Lipinski definition) is 0. The fourth-order valence-electron chi connectivity index (χ4n) is 4.62. The fourth-order valence-corrected chi connectivity index (χ4v) is 4.81. The highest BCUT2D eigenvalue weighted by atomic mass is 35.5. The number of carbonyl (C=O) groups excluding carboxylic acids is 1. The van der Waals surface area contributed by atoms with Gasteiger partial charge in [0.25, 0.3) is 0 Å². The first-order valence-electron chi connectivity index (χ1n) is 11.8. The van der Waals surface area contributed by atoms with E-state index in [4.69, 9.17) is 16.3 Å². The van der Waals surface area contributed by atoms with Crippen LogP contribution >= 0.6 is 11.6 Å². The highest BCUT2D eigenvalue weighted by molar-refractivity contribution is 6.28. The van der Waals surface area contributed by atoms with E-state index in [0.717, 1.165) is 44.0 Å². The van der Waals surface area contributed by atoms with Gasteiger partial charge in [-0.3, -0.25) is 4.90 Å². The van der Waals surface area contributed by atoms with Crippen molar-refractivity contribution >= 4 is 23.5 Å². The molecule has 1 amide bonds. The van der Waals surface area contributed by atoms with Crippen molar-refractivity contribution < 1.29 is 9.53 Å². The van der Waals surface area contributed by atoms with Gasteiger partial charge in [-0.2, -0.15) is 0 Å². The first-order valence-corrected chi connectivity index (χ1v) is 12.1. The van der Waals surface area contributed by atoms with E-state index in [1.54, 1.807) is 4.90 Å². The van der Waals surface area contributed by atoms with Gasteiger partial charge in [0, 0.05) is 44.3 Å². The van der Waals surface area contributed by atoms with Crippen molar-refractivity contribution in [3.63, 3.8) is 0 Å². The first kappa shape index (κ1) is 23.8. The lowest BCUT2D eigenvalue weighted by Crippen LogP contribution is -2.55. The number of anilines is 1. The van der Waals surface area contributed by atoms with Crippen LogP contribution in [0.25, 0.3) is 0 Å². The van der Waals surface area contributed by atoms with E-state index in [2.05, 4.69) is 51.0 Å². The lowest BCUT2D eigenvalue weighted by atomic mass is 10.1. The SMILES string of the molecule is C[C@H]1CN(C(=O)OC(C)(C)C)CCN1c1nc(Cl)nc2c1CCCN(Cc1ccccc1)C2. The summed E-state index contributed by atoms with van der Waals surface area (Å²) >= 11 is 6.41. The van der Waals surface area contributed by atoms with Crippen molar-refractivity contribution in [3.8, 4) is 0 Å². The molecule has 8 heteroatoms. The summed E-state index contributed by atoms with van der Waals surface area (Å²) in [5.74, 6) is 0.919. The van der Waals surface area contributed by atoms with Crippen molar-refractivity contribution in [2.24, 2.45) is 0 Å². The van der Waals surface area contributed by atoms with E-state index >= 15 is 0 Å². The second-order valence-electron chi connectivity index (χ2n) is 10.0. The number of carbonyl (C=O) groups is 1. The van der Waals surface area contributed by atoms with Gasteiger partial charge in [0.15, 0.2) is 0 Å². The maximum atomic E-state index is 12.6. The molecule has 3 heterocycles. The van der Waals surface area contributed by atoms with E-state index < -0.39 is 5.60 Å². The molecule has 1 aromatic carbocycles. The van der Waals surface area contributed by atoms with Crippen LogP contribution in [-0.4, -0.2) is 63.7 Å². The normalized spacial score (nSPS) is 19.7. The third-order valence-corrected chi connectivity index (χ3v) is 6.29. The van der Waals surface area contributed by atoms with Crippen molar-refractivity contribution in [2.45, 2.75) is 65.3 Å². The Balaban J connectivity index is 1.51. The summed E-state index contributed by atoms with van der Waals surface area (Å²) in [5, 5.41) is 0.284. The van der Waals surface area contributed by atoms with Gasteiger partial charge in [-0.05, 0) is 64.2 Å². The monoisotopic (exact) mass is 471 g/mol. The third-order valence-electron chi connectivity index (χ3n) is 6.12. The summed E-state index contributed by atoms with van der Waals surface area (Å²) in [6, 6.07) is 10.6. The maximum absolute atomic E-state index is 12.6. The minimum absolute atomic E-state index is 0.102. The summed E-state index contributed by atoms with van der Waals surface area (Å²) in [7, 11) is 0. The van der Waals surface area contributed by atoms with Gasteiger partial charge < -0.3 is 14.5 Å². The third kappa shape index (κ3) is 5.95. The van der Waals surface area contributed by atoms with Gasteiger partial charge in [0.1, 0.15) is 11.4 Å². The number of aromatic nitrogens is 2. The Morgan fingerprint density at radius 3 is 2.61 bits per heavy atom. The summed E-state index contributed by atoms with van der Waals surface area (Å²) in [5.41, 5.74) is 3.00. The smallest absolute Gasteiger partial charge is 0.410 e. The van der Waals surface area contributed by atoms with Crippen LogP contribution in [0.2, 0.25) is 5.28 Å². The minimum atomic E-state index is -0.499. The minimum Gasteiger partial charge on any atom is -0.444 e. The molecule has 1 saturated heterocycles. The molecule has 33 heavy (non-hydrogen) atoms. The second kappa shape index (κ2) is 9.85. The van der Waals surface area contributed by atoms with Crippen LogP contribution in [0, 0.1) is 0 Å². The van der Waals surface area contributed by atoms with Crippen LogP contribution < -0.4 is 4.90 Å². The number of rotatable bonds is 3. The molecule has 2 aliphatic rings. The zero-order valence-corrected chi connectivity index (χ0v) is 20.8. The van der Waals surface area contributed by atoms with Gasteiger partial charge in [0.2, 0.25) is 5.28 Å². The van der Waals surface area contributed by atoms with E-state index in [9.17, 15) is 4.79 Å². The number of hydrogen-bond acceptors (Lipinski definition) is 6. The largest absolute Gasteiger partial charge is 0.444 e. The summed E-state index contributed by atoms with van der Waals surface area (Å²) in [6.07, 6.45) is 1.71. The number of ether oxygens (including phenoxy) is 1. The molecule has 178 valence electrons. The van der Waals surface area contributed by atoms with Gasteiger partial charge in [-0.25, -0.2) is 14.8 Å². The highest BCUT2D eigenvalue weighted by Gasteiger charge is 2.33. The van der Waals surface area contributed by atoms with Crippen LogP contribution in [0.1, 0.15) is 50.9 Å². The van der Waals surface area contributed by atoms with E-state index in [1.165, 1.54) is 11.1 Å². The maximum Gasteiger partial charge on any atom is 0.410 e. The molecule has 0 radical (unpaired) electrons. The molecule has 0 bridgehead atoms. The lowest BCUT2D eigenvalue weighted by molar-refractivity contribution is 0.0218. The highest BCUT2D eigenvalue weighted by Crippen LogP contribution is 2.30. The number of amides is 1. The second-order valence-corrected chi connectivity index (χ2v) is 10.3. The predicted molar refractivity (Wildman–Crippen MR) is 131 cm³/mol. The van der Waals surface area contributed by atoms with Crippen molar-refractivity contribution in [3.05, 3.63) is 52.4 Å². The molecule has 2 aliphatic heterocycles. The summed E-state index contributed by atoms with van der Waals surface area (Å²) < 4.78 is 5.57. The lowest BCUT2D eigenvalue weighted by Gasteiger charge is -2.41. The van der Waals surface area contributed by atoms with Gasteiger partial charge in [-0.15, -0.1) is 0 Å². The Labute approximate surface area is 201 Å². The Bertz CT molecular complexity index is 979. The standard InChI is InChI=1S/C25H34ClN5O2/c1-18-15-30(24(32)33-25(2,3)4)13-14-31(18)22-20-11-8-12-29(16-19-9-6-5-7-10-19)17-21(20)27-23(26)28-22/h5-7,9-10,18H,8,11-17H2,1-4H3/t18-/m0/s1. The fraction of sp³-hybridized carbons (Fsp3) is 0.560.